The Bertz CT molecular complexity index is 1260. The molecule has 37 heavy (non-hydrogen) atoms. The van der Waals surface area contributed by atoms with Crippen molar-refractivity contribution in [3.63, 3.8) is 0 Å². The number of carbonyl (C=O) groups excluding carboxylic acids is 4. The van der Waals surface area contributed by atoms with Gasteiger partial charge in [-0.3, -0.25) is 19.2 Å². The monoisotopic (exact) mass is 506 g/mol. The summed E-state index contributed by atoms with van der Waals surface area (Å²) >= 11 is 0. The number of benzene rings is 2. The number of hydrogen-bond donors (Lipinski definition) is 2. The van der Waals surface area contributed by atoms with Crippen molar-refractivity contribution in [2.45, 2.75) is 44.3 Å². The number of ketones is 2. The minimum atomic E-state index is -2.10. The van der Waals surface area contributed by atoms with Gasteiger partial charge in [-0.1, -0.05) is 54.6 Å². The first kappa shape index (κ1) is 25.3. The molecule has 2 saturated carbocycles. The second-order valence-electron chi connectivity index (χ2n) is 10.1. The molecule has 0 radical (unpaired) electrons. The normalized spacial score (nSPS) is 34.2. The molecular formula is C29H30O8. The molecule has 0 amide bonds. The van der Waals surface area contributed by atoms with Crippen molar-refractivity contribution in [2.24, 2.45) is 23.2 Å². The van der Waals surface area contributed by atoms with Gasteiger partial charge in [-0.2, -0.15) is 0 Å². The number of rotatable bonds is 5. The molecule has 2 aromatic carbocycles. The molecule has 0 unspecified atom stereocenters. The van der Waals surface area contributed by atoms with E-state index in [1.54, 1.807) is 62.4 Å². The largest absolute Gasteiger partial charge is 0.466 e. The van der Waals surface area contributed by atoms with Crippen LogP contribution in [0.3, 0.4) is 0 Å². The van der Waals surface area contributed by atoms with E-state index in [-0.39, 0.29) is 30.8 Å². The molecule has 5 rings (SSSR count). The second kappa shape index (κ2) is 9.19. The van der Waals surface area contributed by atoms with Crippen molar-refractivity contribution in [3.05, 3.63) is 71.3 Å². The summed E-state index contributed by atoms with van der Waals surface area (Å²) < 4.78 is 10.6. The van der Waals surface area contributed by atoms with Crippen molar-refractivity contribution in [1.82, 2.24) is 0 Å². The Morgan fingerprint density at radius 1 is 0.946 bits per heavy atom. The fraction of sp³-hybridized carbons (Fsp3) is 0.448. The number of esters is 2. The molecule has 2 fully saturated rings. The maximum absolute atomic E-state index is 14.3. The molecule has 1 spiro atoms. The number of ether oxygens (including phenoxy) is 2. The zero-order valence-corrected chi connectivity index (χ0v) is 20.8. The fourth-order valence-electron chi connectivity index (χ4n) is 7.19. The number of aliphatic hydroxyl groups excluding tert-OH is 1. The summed E-state index contributed by atoms with van der Waals surface area (Å²) in [6, 6.07) is 15.4. The smallest absolute Gasteiger partial charge is 0.316 e. The van der Waals surface area contributed by atoms with E-state index in [0.717, 1.165) is 0 Å². The lowest BCUT2D eigenvalue weighted by Crippen LogP contribution is -2.70. The lowest BCUT2D eigenvalue weighted by Gasteiger charge is -2.59. The van der Waals surface area contributed by atoms with Crippen LogP contribution in [0.4, 0.5) is 0 Å². The lowest BCUT2D eigenvalue weighted by atomic mass is 9.44. The fourth-order valence-corrected chi connectivity index (χ4v) is 7.19. The number of carbonyl (C=O) groups is 4. The van der Waals surface area contributed by atoms with Crippen LogP contribution in [0.1, 0.15) is 54.1 Å². The summed E-state index contributed by atoms with van der Waals surface area (Å²) in [5.41, 5.74) is -3.02. The summed E-state index contributed by atoms with van der Waals surface area (Å²) in [6.07, 6.45) is -2.27. The van der Waals surface area contributed by atoms with Gasteiger partial charge >= 0.3 is 11.9 Å². The van der Waals surface area contributed by atoms with Gasteiger partial charge in [-0.15, -0.1) is 0 Å². The standard InChI is InChI=1S/C29H30O8/c1-3-36-26(33)22-18(16-10-6-5-7-11-16)14-20-23(27(34)37-4-2)21(30)15-28(35)19-13-9-8-12-17(19)24(31)29(20,28)25(22)32/h5-13,18,20,22-23,25,32,35H,3-4,14-15H2,1-2H3/t18-,20+,22-,23+,25+,28-,29-/m0/s1. The Hall–Kier alpha value is -3.36. The van der Waals surface area contributed by atoms with Gasteiger partial charge in [0.2, 0.25) is 0 Å². The molecule has 8 nitrogen and oxygen atoms in total. The van der Waals surface area contributed by atoms with Crippen LogP contribution in [-0.2, 0) is 29.5 Å². The quantitative estimate of drug-likeness (QED) is 0.468. The summed E-state index contributed by atoms with van der Waals surface area (Å²) in [7, 11) is 0. The minimum absolute atomic E-state index is 0.0157. The topological polar surface area (TPSA) is 127 Å². The molecule has 0 aliphatic heterocycles. The minimum Gasteiger partial charge on any atom is -0.466 e. The third-order valence-electron chi connectivity index (χ3n) is 8.52. The van der Waals surface area contributed by atoms with Crippen LogP contribution in [0.5, 0.6) is 0 Å². The van der Waals surface area contributed by atoms with Gasteiger partial charge in [-0.05, 0) is 37.3 Å². The van der Waals surface area contributed by atoms with E-state index in [1.807, 2.05) is 6.07 Å². The number of Topliss-reactive ketones (excluding diaryl/α,β-unsaturated/α-hetero) is 2. The van der Waals surface area contributed by atoms with Crippen molar-refractivity contribution in [3.8, 4) is 0 Å². The first-order valence-electron chi connectivity index (χ1n) is 12.7. The Morgan fingerprint density at radius 3 is 2.24 bits per heavy atom. The highest BCUT2D eigenvalue weighted by Gasteiger charge is 2.78. The zero-order valence-electron chi connectivity index (χ0n) is 20.8. The summed E-state index contributed by atoms with van der Waals surface area (Å²) in [5.74, 6) is -6.99. The number of hydrogen-bond acceptors (Lipinski definition) is 8. The van der Waals surface area contributed by atoms with E-state index in [1.165, 1.54) is 0 Å². The van der Waals surface area contributed by atoms with Crippen molar-refractivity contribution in [1.29, 1.82) is 0 Å². The summed E-state index contributed by atoms with van der Waals surface area (Å²) in [4.78, 5) is 54.4. The highest BCUT2D eigenvalue weighted by atomic mass is 16.5. The molecule has 8 heteroatoms. The summed E-state index contributed by atoms with van der Waals surface area (Å²) in [5, 5.41) is 24.4. The molecule has 0 bridgehead atoms. The maximum atomic E-state index is 14.3. The van der Waals surface area contributed by atoms with Crippen LogP contribution >= 0.6 is 0 Å². The third-order valence-corrected chi connectivity index (χ3v) is 8.52. The van der Waals surface area contributed by atoms with Crippen LogP contribution < -0.4 is 0 Å². The van der Waals surface area contributed by atoms with Gasteiger partial charge in [0.1, 0.15) is 11.5 Å². The van der Waals surface area contributed by atoms with E-state index in [0.29, 0.717) is 5.56 Å². The van der Waals surface area contributed by atoms with Crippen LogP contribution in [0.15, 0.2) is 54.6 Å². The van der Waals surface area contributed by atoms with Crippen LogP contribution in [-0.4, -0.2) is 53.0 Å². The lowest BCUT2D eigenvalue weighted by molar-refractivity contribution is -0.219. The molecular weight excluding hydrogens is 476 g/mol. The van der Waals surface area contributed by atoms with E-state index >= 15 is 0 Å². The molecule has 194 valence electrons. The Morgan fingerprint density at radius 2 is 1.57 bits per heavy atom. The van der Waals surface area contributed by atoms with Gasteiger partial charge in [-0.25, -0.2) is 0 Å². The van der Waals surface area contributed by atoms with Crippen molar-refractivity contribution < 1.29 is 38.9 Å². The first-order valence-corrected chi connectivity index (χ1v) is 12.7. The Balaban J connectivity index is 1.77. The highest BCUT2D eigenvalue weighted by molar-refractivity contribution is 6.12. The van der Waals surface area contributed by atoms with Crippen molar-refractivity contribution in [2.75, 3.05) is 13.2 Å². The van der Waals surface area contributed by atoms with Crippen molar-refractivity contribution >= 4 is 23.5 Å². The predicted octanol–water partition coefficient (Wildman–Crippen LogP) is 2.55. The third kappa shape index (κ3) is 3.35. The van der Waals surface area contributed by atoms with E-state index < -0.39 is 70.7 Å². The van der Waals surface area contributed by atoms with Crippen LogP contribution in [0.2, 0.25) is 0 Å². The maximum Gasteiger partial charge on any atom is 0.316 e. The molecule has 7 atom stereocenters. The van der Waals surface area contributed by atoms with E-state index in [4.69, 9.17) is 9.47 Å². The molecule has 2 aromatic rings. The van der Waals surface area contributed by atoms with Gasteiger partial charge < -0.3 is 19.7 Å². The average molecular weight is 507 g/mol. The molecule has 0 aromatic heterocycles. The van der Waals surface area contributed by atoms with Gasteiger partial charge in [0, 0.05) is 17.9 Å². The molecule has 0 saturated heterocycles. The molecule has 2 N–H and O–H groups in total. The number of aliphatic hydroxyl groups is 2. The average Bonchev–Trinajstić information content (AvgIpc) is 3.08. The Labute approximate surface area is 214 Å². The SMILES string of the molecule is CCOC(=O)[C@H]1C(=O)C[C@]2(O)c3ccccc3C(=O)[C@@]23[C@H](O)[C@@H](C(=O)OCC)[C@H](c2ccccc2)C[C@H]13. The first-order chi connectivity index (χ1) is 17.7. The summed E-state index contributed by atoms with van der Waals surface area (Å²) in [6.45, 7) is 3.35. The molecule has 0 heterocycles. The van der Waals surface area contributed by atoms with Gasteiger partial charge in [0.15, 0.2) is 11.6 Å². The van der Waals surface area contributed by atoms with E-state index in [9.17, 15) is 29.4 Å². The second-order valence-corrected chi connectivity index (χ2v) is 10.1. The molecule has 3 aliphatic rings. The highest BCUT2D eigenvalue weighted by Crippen LogP contribution is 2.68. The van der Waals surface area contributed by atoms with Crippen LogP contribution in [0.25, 0.3) is 0 Å². The molecule has 3 aliphatic carbocycles. The van der Waals surface area contributed by atoms with E-state index in [2.05, 4.69) is 0 Å². The van der Waals surface area contributed by atoms with Gasteiger partial charge in [0.25, 0.3) is 0 Å². The van der Waals surface area contributed by atoms with Crippen LogP contribution in [0, 0.1) is 23.2 Å². The number of fused-ring (bicyclic) bond motifs is 2. The Kier molecular flexibility index (Phi) is 6.28. The predicted molar refractivity (Wildman–Crippen MR) is 130 cm³/mol. The zero-order chi connectivity index (χ0) is 26.5. The van der Waals surface area contributed by atoms with Gasteiger partial charge in [0.05, 0.1) is 30.7 Å².